The van der Waals surface area contributed by atoms with E-state index in [0.717, 1.165) is 44.9 Å². The predicted molar refractivity (Wildman–Crippen MR) is 91.5 cm³/mol. The summed E-state index contributed by atoms with van der Waals surface area (Å²) in [7, 11) is 0. The van der Waals surface area contributed by atoms with E-state index in [9.17, 15) is 10.2 Å². The number of aliphatic hydroxyl groups excluding tert-OH is 1. The van der Waals surface area contributed by atoms with Gasteiger partial charge in [0.2, 0.25) is 0 Å². The lowest BCUT2D eigenvalue weighted by molar-refractivity contribution is -0.0813. The van der Waals surface area contributed by atoms with Crippen LogP contribution in [0.5, 0.6) is 0 Å². The molecule has 0 heterocycles. The van der Waals surface area contributed by atoms with Crippen LogP contribution in [-0.2, 0) is 0 Å². The molecule has 0 bridgehead atoms. The molecule has 4 aliphatic carbocycles. The van der Waals surface area contributed by atoms with Crippen molar-refractivity contribution in [1.82, 2.24) is 0 Å². The Hall–Kier alpha value is -0.780. The Kier molecular flexibility index (Phi) is 3.49. The van der Waals surface area contributed by atoms with Crippen molar-refractivity contribution in [2.24, 2.45) is 29.1 Å². The molecule has 0 aliphatic heterocycles. The molecule has 4 aliphatic rings. The van der Waals surface area contributed by atoms with Crippen LogP contribution in [0.25, 0.3) is 0 Å². The summed E-state index contributed by atoms with van der Waals surface area (Å²) in [5.74, 6) is 5.32. The Bertz CT molecular complexity index is 585. The van der Waals surface area contributed by atoms with Gasteiger partial charge in [-0.15, -0.1) is 6.42 Å². The van der Waals surface area contributed by atoms with Crippen molar-refractivity contribution in [3.63, 3.8) is 0 Å². The van der Waals surface area contributed by atoms with Crippen molar-refractivity contribution in [2.45, 2.75) is 76.9 Å². The molecule has 0 spiro atoms. The van der Waals surface area contributed by atoms with Crippen LogP contribution in [0.1, 0.15) is 65.2 Å². The molecule has 126 valence electrons. The Morgan fingerprint density at radius 1 is 1.17 bits per heavy atom. The summed E-state index contributed by atoms with van der Waals surface area (Å²) in [5.41, 5.74) is 2.23. The topological polar surface area (TPSA) is 40.5 Å². The van der Waals surface area contributed by atoms with E-state index in [1.165, 1.54) is 6.42 Å². The van der Waals surface area contributed by atoms with Crippen LogP contribution < -0.4 is 0 Å². The summed E-state index contributed by atoms with van der Waals surface area (Å²) in [5, 5.41) is 21.0. The lowest BCUT2D eigenvalue weighted by atomic mass is 9.50. The highest BCUT2D eigenvalue weighted by Crippen LogP contribution is 2.65. The number of terminal acetylenes is 1. The molecule has 4 rings (SSSR count). The van der Waals surface area contributed by atoms with E-state index in [1.807, 2.05) is 0 Å². The minimum absolute atomic E-state index is 0.108. The third-order valence-electron chi connectivity index (χ3n) is 8.08. The van der Waals surface area contributed by atoms with Gasteiger partial charge >= 0.3 is 0 Å². The van der Waals surface area contributed by atoms with Crippen LogP contribution in [0.3, 0.4) is 0 Å². The van der Waals surface area contributed by atoms with Crippen molar-refractivity contribution in [3.05, 3.63) is 11.1 Å². The smallest absolute Gasteiger partial charge is 0.130 e. The van der Waals surface area contributed by atoms with Gasteiger partial charge in [0.05, 0.1) is 6.10 Å². The molecule has 2 fully saturated rings. The van der Waals surface area contributed by atoms with E-state index in [1.54, 1.807) is 11.1 Å². The second-order valence-corrected chi connectivity index (χ2v) is 9.00. The number of hydrogen-bond donors (Lipinski definition) is 2. The summed E-state index contributed by atoms with van der Waals surface area (Å²) < 4.78 is 0. The van der Waals surface area contributed by atoms with Gasteiger partial charge in [-0.2, -0.15) is 0 Å². The molecule has 0 saturated heterocycles. The Morgan fingerprint density at radius 2 is 1.96 bits per heavy atom. The Morgan fingerprint density at radius 3 is 2.70 bits per heavy atom. The minimum atomic E-state index is -0.903. The van der Waals surface area contributed by atoms with E-state index in [-0.39, 0.29) is 11.5 Å². The molecule has 0 amide bonds. The molecule has 0 aromatic carbocycles. The molecule has 2 saturated carbocycles. The molecular weight excluding hydrogens is 284 g/mol. The fourth-order valence-corrected chi connectivity index (χ4v) is 6.85. The second-order valence-electron chi connectivity index (χ2n) is 9.00. The van der Waals surface area contributed by atoms with Crippen molar-refractivity contribution in [1.29, 1.82) is 0 Å². The van der Waals surface area contributed by atoms with Gasteiger partial charge in [-0.1, -0.05) is 30.9 Å². The Balaban J connectivity index is 1.70. The van der Waals surface area contributed by atoms with Gasteiger partial charge in [0, 0.05) is 5.41 Å². The van der Waals surface area contributed by atoms with Crippen LogP contribution >= 0.6 is 0 Å². The minimum Gasteiger partial charge on any atom is -0.393 e. The lowest BCUT2D eigenvalue weighted by Gasteiger charge is -2.55. The van der Waals surface area contributed by atoms with Gasteiger partial charge in [-0.3, -0.25) is 0 Å². The van der Waals surface area contributed by atoms with Gasteiger partial charge in [-0.05, 0) is 75.0 Å². The summed E-state index contributed by atoms with van der Waals surface area (Å²) in [6.07, 6.45) is 13.8. The van der Waals surface area contributed by atoms with Crippen LogP contribution in [-0.4, -0.2) is 21.9 Å². The quantitative estimate of drug-likeness (QED) is 0.529. The summed E-state index contributed by atoms with van der Waals surface area (Å²) in [6, 6.07) is 0. The average molecular weight is 314 g/mol. The fraction of sp³-hybridized carbons (Fsp3) is 0.810. The van der Waals surface area contributed by atoms with Crippen LogP contribution in [0.15, 0.2) is 11.1 Å². The Labute approximate surface area is 140 Å². The van der Waals surface area contributed by atoms with Gasteiger partial charge in [0.15, 0.2) is 0 Å². The fourth-order valence-electron chi connectivity index (χ4n) is 6.85. The van der Waals surface area contributed by atoms with E-state index in [4.69, 9.17) is 6.42 Å². The zero-order chi connectivity index (χ0) is 16.4. The summed E-state index contributed by atoms with van der Waals surface area (Å²) in [6.45, 7) is 4.64. The predicted octanol–water partition coefficient (Wildman–Crippen LogP) is 3.67. The molecule has 0 aromatic rings. The molecule has 2 N–H and O–H groups in total. The molecule has 0 radical (unpaired) electrons. The SMILES string of the molecule is C#CC1(O)CCC2[C@@H]3C(C)CC4=C(CC[C@@H](O)C4)[C@H]3CC[C@@]21C. The number of fused-ring (bicyclic) bond motifs is 4. The number of rotatable bonds is 0. The highest BCUT2D eigenvalue weighted by molar-refractivity contribution is 5.30. The normalized spacial score (nSPS) is 52.4. The summed E-state index contributed by atoms with van der Waals surface area (Å²) >= 11 is 0. The lowest BCUT2D eigenvalue weighted by Crippen LogP contribution is -2.52. The zero-order valence-corrected chi connectivity index (χ0v) is 14.5. The summed E-state index contributed by atoms with van der Waals surface area (Å²) in [4.78, 5) is 0. The zero-order valence-electron chi connectivity index (χ0n) is 14.5. The van der Waals surface area contributed by atoms with Crippen molar-refractivity contribution in [2.75, 3.05) is 0 Å². The second kappa shape index (κ2) is 5.11. The highest BCUT2D eigenvalue weighted by Gasteiger charge is 2.62. The van der Waals surface area contributed by atoms with E-state index in [2.05, 4.69) is 19.8 Å². The molecule has 23 heavy (non-hydrogen) atoms. The third-order valence-corrected chi connectivity index (χ3v) is 8.08. The monoisotopic (exact) mass is 314 g/mol. The van der Waals surface area contributed by atoms with E-state index in [0.29, 0.717) is 23.7 Å². The maximum atomic E-state index is 11.0. The van der Waals surface area contributed by atoms with E-state index < -0.39 is 5.60 Å². The standard InChI is InChI=1S/C21H30O2/c1-4-21(23)10-8-18-19-13(2)11-14-12-15(22)5-6-16(14)17(19)7-9-20(18,21)3/h1,13,15,17-19,22-23H,5-12H2,2-3H3/t13?,15-,17-,18?,19-,20+,21?/m1/s1. The maximum Gasteiger partial charge on any atom is 0.130 e. The third kappa shape index (κ3) is 2.02. The number of hydrogen-bond acceptors (Lipinski definition) is 2. The van der Waals surface area contributed by atoms with Crippen molar-refractivity contribution in [3.8, 4) is 12.3 Å². The maximum absolute atomic E-state index is 11.0. The van der Waals surface area contributed by atoms with Crippen LogP contribution in [0, 0.1) is 41.4 Å². The molecule has 2 nitrogen and oxygen atoms in total. The first-order chi connectivity index (χ1) is 10.9. The van der Waals surface area contributed by atoms with Crippen LogP contribution in [0.4, 0.5) is 0 Å². The largest absolute Gasteiger partial charge is 0.393 e. The highest BCUT2D eigenvalue weighted by atomic mass is 16.3. The van der Waals surface area contributed by atoms with Crippen LogP contribution in [0.2, 0.25) is 0 Å². The first-order valence-electron chi connectivity index (χ1n) is 9.48. The first-order valence-corrected chi connectivity index (χ1v) is 9.48. The molecule has 3 unspecified atom stereocenters. The molecule has 7 atom stereocenters. The van der Waals surface area contributed by atoms with Gasteiger partial charge in [0.25, 0.3) is 0 Å². The van der Waals surface area contributed by atoms with E-state index >= 15 is 0 Å². The number of allylic oxidation sites excluding steroid dienone is 1. The van der Waals surface area contributed by atoms with Gasteiger partial charge in [0.1, 0.15) is 5.60 Å². The van der Waals surface area contributed by atoms with Gasteiger partial charge < -0.3 is 10.2 Å². The van der Waals surface area contributed by atoms with Crippen molar-refractivity contribution >= 4 is 0 Å². The molecule has 2 heteroatoms. The number of aliphatic hydroxyl groups is 2. The molecular formula is C21H30O2. The first kappa shape index (κ1) is 15.7. The van der Waals surface area contributed by atoms with Crippen molar-refractivity contribution < 1.29 is 10.2 Å². The van der Waals surface area contributed by atoms with Gasteiger partial charge in [-0.25, -0.2) is 0 Å². The average Bonchev–Trinajstić information content (AvgIpc) is 2.79. The molecule has 0 aromatic heterocycles.